The molecule has 7 nitrogen and oxygen atoms in total. The third-order valence-electron chi connectivity index (χ3n) is 5.13. The van der Waals surface area contributed by atoms with Gasteiger partial charge < -0.3 is 9.84 Å². The van der Waals surface area contributed by atoms with Crippen molar-refractivity contribution < 1.29 is 23.1 Å². The first kappa shape index (κ1) is 25.6. The van der Waals surface area contributed by atoms with Gasteiger partial charge in [0.25, 0.3) is 10.0 Å². The Bertz CT molecular complexity index is 1280. The van der Waals surface area contributed by atoms with Crippen LogP contribution in [0.2, 0.25) is 35.7 Å². The molecule has 0 aliphatic carbocycles. The molecule has 0 saturated heterocycles. The van der Waals surface area contributed by atoms with Crippen molar-refractivity contribution in [3.05, 3.63) is 58.2 Å². The van der Waals surface area contributed by atoms with Crippen molar-refractivity contribution >= 4 is 64.0 Å². The molecule has 0 aliphatic heterocycles. The van der Waals surface area contributed by atoms with E-state index in [4.69, 9.17) is 27.9 Å². The van der Waals surface area contributed by atoms with Crippen LogP contribution in [-0.2, 0) is 14.8 Å². The predicted molar refractivity (Wildman–Crippen MR) is 135 cm³/mol. The maximum absolute atomic E-state index is 13.3. The molecule has 0 spiro atoms. The molecule has 33 heavy (non-hydrogen) atoms. The normalized spacial score (nSPS) is 12.3. The van der Waals surface area contributed by atoms with Gasteiger partial charge in [-0.15, -0.1) is 0 Å². The van der Waals surface area contributed by atoms with Gasteiger partial charge in [-0.1, -0.05) is 60.5 Å². The maximum Gasteiger partial charge on any atom is 0.413 e. The highest BCUT2D eigenvalue weighted by atomic mass is 35.5. The molecule has 11 heteroatoms. The van der Waals surface area contributed by atoms with Crippen LogP contribution in [0.15, 0.2) is 47.5 Å². The first-order valence-electron chi connectivity index (χ1n) is 10.2. The van der Waals surface area contributed by atoms with Gasteiger partial charge in [-0.3, -0.25) is 4.90 Å². The highest BCUT2D eigenvalue weighted by molar-refractivity contribution is 7.90. The summed E-state index contributed by atoms with van der Waals surface area (Å²) >= 11 is 12.7. The molecule has 0 saturated carbocycles. The average molecular weight is 530 g/mol. The van der Waals surface area contributed by atoms with E-state index in [2.05, 4.69) is 19.6 Å². The zero-order valence-electron chi connectivity index (χ0n) is 18.8. The van der Waals surface area contributed by atoms with E-state index in [0.29, 0.717) is 12.0 Å². The lowest BCUT2D eigenvalue weighted by Crippen LogP contribution is -2.33. The SMILES string of the molecule is Cc1ccc(S(=O)(=O)n2ccc3c(N(COCC[Si](C)(C)C)C(=O)O)cc(Cl)c(Cl)c32)cc1. The van der Waals surface area contributed by atoms with E-state index in [9.17, 15) is 18.3 Å². The topological polar surface area (TPSA) is 88.8 Å². The molecule has 0 fully saturated rings. The summed E-state index contributed by atoms with van der Waals surface area (Å²) in [6, 6.07) is 10.2. The Morgan fingerprint density at radius 2 is 1.79 bits per heavy atom. The van der Waals surface area contributed by atoms with Crippen molar-refractivity contribution in [2.75, 3.05) is 18.2 Å². The van der Waals surface area contributed by atoms with Gasteiger partial charge in [0.1, 0.15) is 6.73 Å². The highest BCUT2D eigenvalue weighted by Crippen LogP contribution is 2.40. The van der Waals surface area contributed by atoms with E-state index in [1.54, 1.807) is 12.1 Å². The van der Waals surface area contributed by atoms with Gasteiger partial charge >= 0.3 is 6.09 Å². The first-order valence-corrected chi connectivity index (χ1v) is 16.1. The minimum Gasteiger partial charge on any atom is -0.465 e. The number of aryl methyl sites for hydroxylation is 1. The van der Waals surface area contributed by atoms with Gasteiger partial charge in [0.2, 0.25) is 0 Å². The fraction of sp³-hybridized carbons (Fsp3) is 0.318. The summed E-state index contributed by atoms with van der Waals surface area (Å²) in [7, 11) is -5.35. The third-order valence-corrected chi connectivity index (χ3v) is 9.30. The van der Waals surface area contributed by atoms with E-state index in [-0.39, 0.29) is 32.9 Å². The zero-order chi connectivity index (χ0) is 24.6. The molecule has 0 unspecified atom stereocenters. The molecule has 3 aromatic rings. The average Bonchev–Trinajstić information content (AvgIpc) is 3.17. The van der Waals surface area contributed by atoms with E-state index in [0.717, 1.165) is 20.5 Å². The molecule has 1 heterocycles. The number of anilines is 1. The molecule has 0 radical (unpaired) electrons. The molecular formula is C22H26Cl2N2O5SSi. The summed E-state index contributed by atoms with van der Waals surface area (Å²) in [6.45, 7) is 8.66. The number of ether oxygens (including phenoxy) is 1. The third kappa shape index (κ3) is 5.55. The lowest BCUT2D eigenvalue weighted by Gasteiger charge is -2.22. The van der Waals surface area contributed by atoms with E-state index in [1.165, 1.54) is 30.5 Å². The van der Waals surface area contributed by atoms with Crippen LogP contribution in [0.5, 0.6) is 0 Å². The van der Waals surface area contributed by atoms with Gasteiger partial charge in [0.15, 0.2) is 0 Å². The summed E-state index contributed by atoms with van der Waals surface area (Å²) in [4.78, 5) is 13.1. The molecule has 3 rings (SSSR count). The number of rotatable bonds is 8. The summed E-state index contributed by atoms with van der Waals surface area (Å²) in [5.74, 6) is 0. The second-order valence-electron chi connectivity index (χ2n) is 8.94. The Morgan fingerprint density at radius 1 is 1.15 bits per heavy atom. The van der Waals surface area contributed by atoms with E-state index in [1.807, 2.05) is 6.92 Å². The molecule has 0 aliphatic rings. The largest absolute Gasteiger partial charge is 0.465 e. The molecule has 1 aromatic heterocycles. The van der Waals surface area contributed by atoms with Gasteiger partial charge in [0, 0.05) is 26.3 Å². The molecule has 178 valence electrons. The van der Waals surface area contributed by atoms with Gasteiger partial charge in [0.05, 0.1) is 26.1 Å². The molecule has 2 aromatic carbocycles. The second-order valence-corrected chi connectivity index (χ2v) is 17.2. The second kappa shape index (κ2) is 9.67. The highest BCUT2D eigenvalue weighted by Gasteiger charge is 2.26. The smallest absolute Gasteiger partial charge is 0.413 e. The first-order chi connectivity index (χ1) is 15.3. The van der Waals surface area contributed by atoms with Crippen molar-refractivity contribution in [1.29, 1.82) is 0 Å². The molecular weight excluding hydrogens is 503 g/mol. The fourth-order valence-corrected chi connectivity index (χ4v) is 5.83. The predicted octanol–water partition coefficient (Wildman–Crippen LogP) is 6.29. The Kier molecular flexibility index (Phi) is 7.50. The summed E-state index contributed by atoms with van der Waals surface area (Å²) in [5.41, 5.74) is 1.21. The van der Waals surface area contributed by atoms with Crippen LogP contribution in [-0.4, -0.2) is 45.0 Å². The fourth-order valence-electron chi connectivity index (χ4n) is 3.22. The van der Waals surface area contributed by atoms with Crippen molar-refractivity contribution in [3.8, 4) is 0 Å². The van der Waals surface area contributed by atoms with Crippen LogP contribution in [0, 0.1) is 6.92 Å². The minimum atomic E-state index is -4.00. The summed E-state index contributed by atoms with van der Waals surface area (Å²) in [6.07, 6.45) is 0.0920. The summed E-state index contributed by atoms with van der Waals surface area (Å²) < 4.78 is 33.3. The van der Waals surface area contributed by atoms with Crippen LogP contribution < -0.4 is 4.90 Å². The number of carboxylic acid groups (broad SMARTS) is 1. The summed E-state index contributed by atoms with van der Waals surface area (Å²) in [5, 5.41) is 10.2. The molecule has 0 atom stereocenters. The van der Waals surface area contributed by atoms with Gasteiger partial charge in [-0.05, 0) is 37.2 Å². The van der Waals surface area contributed by atoms with Gasteiger partial charge in [-0.2, -0.15) is 0 Å². The van der Waals surface area contributed by atoms with E-state index >= 15 is 0 Å². The minimum absolute atomic E-state index is 0.0149. The number of amides is 1. The van der Waals surface area contributed by atoms with Crippen LogP contribution in [0.4, 0.5) is 10.5 Å². The van der Waals surface area contributed by atoms with Crippen molar-refractivity contribution in [1.82, 2.24) is 3.97 Å². The monoisotopic (exact) mass is 528 g/mol. The number of benzene rings is 2. The Balaban J connectivity index is 2.08. The van der Waals surface area contributed by atoms with Crippen molar-refractivity contribution in [3.63, 3.8) is 0 Å². The number of fused-ring (bicyclic) bond motifs is 1. The number of nitrogens with zero attached hydrogens (tertiary/aromatic N) is 2. The number of carbonyl (C=O) groups is 1. The number of aromatic nitrogens is 1. The van der Waals surface area contributed by atoms with Crippen LogP contribution in [0.3, 0.4) is 0 Å². The van der Waals surface area contributed by atoms with Crippen molar-refractivity contribution in [2.45, 2.75) is 37.5 Å². The number of hydrogen-bond donors (Lipinski definition) is 1. The number of halogens is 2. The lowest BCUT2D eigenvalue weighted by atomic mass is 10.2. The Hall–Kier alpha value is -2.04. The van der Waals surface area contributed by atoms with Crippen LogP contribution >= 0.6 is 23.2 Å². The Labute approximate surface area is 204 Å². The maximum atomic E-state index is 13.3. The lowest BCUT2D eigenvalue weighted by molar-refractivity contribution is 0.137. The van der Waals surface area contributed by atoms with Crippen LogP contribution in [0.25, 0.3) is 10.9 Å². The molecule has 1 N–H and O–H groups in total. The van der Waals surface area contributed by atoms with Crippen molar-refractivity contribution in [2.24, 2.45) is 0 Å². The molecule has 0 bridgehead atoms. The Morgan fingerprint density at radius 3 is 2.36 bits per heavy atom. The quantitative estimate of drug-likeness (QED) is 0.211. The molecule has 1 amide bonds. The van der Waals surface area contributed by atoms with E-state index < -0.39 is 24.2 Å². The van der Waals surface area contributed by atoms with Crippen LogP contribution in [0.1, 0.15) is 5.56 Å². The van der Waals surface area contributed by atoms with Gasteiger partial charge in [-0.25, -0.2) is 17.2 Å². The number of hydrogen-bond acceptors (Lipinski definition) is 4. The zero-order valence-corrected chi connectivity index (χ0v) is 22.1. The standard InChI is InChI=1S/C22H26Cl2N2O5SSi/c1-15-5-7-16(8-6-15)32(29,30)26-10-9-17-19(13-18(23)20(24)21(17)26)25(22(27)28)14-31-11-12-33(2,3)4/h5-10,13H,11-12,14H2,1-4H3,(H,27,28).